The van der Waals surface area contributed by atoms with Gasteiger partial charge in [0, 0.05) is 11.7 Å². The largest absolute Gasteiger partial charge is 0.328 e. The van der Waals surface area contributed by atoms with E-state index in [1.54, 1.807) is 6.07 Å². The van der Waals surface area contributed by atoms with Crippen molar-refractivity contribution in [2.24, 2.45) is 5.73 Å². The van der Waals surface area contributed by atoms with Crippen LogP contribution in [-0.2, 0) is 6.42 Å². The zero-order chi connectivity index (χ0) is 13.3. The Morgan fingerprint density at radius 2 is 2.06 bits per heavy atom. The van der Waals surface area contributed by atoms with Gasteiger partial charge >= 0.3 is 0 Å². The second-order valence-electron chi connectivity index (χ2n) is 4.79. The first-order chi connectivity index (χ1) is 8.47. The molecule has 3 nitrogen and oxygen atoms in total. The van der Waals surface area contributed by atoms with E-state index >= 15 is 0 Å². The van der Waals surface area contributed by atoms with Gasteiger partial charge in [0.2, 0.25) is 0 Å². The van der Waals surface area contributed by atoms with E-state index in [0.29, 0.717) is 6.42 Å². The summed E-state index contributed by atoms with van der Waals surface area (Å²) in [6.45, 7) is 5.84. The Hall–Kier alpha value is -1.68. The lowest BCUT2D eigenvalue weighted by atomic mass is 10.1. The second-order valence-corrected chi connectivity index (χ2v) is 4.79. The predicted molar refractivity (Wildman–Crippen MR) is 70.3 cm³/mol. The second kappa shape index (κ2) is 4.90. The monoisotopic (exact) mass is 247 g/mol. The Bertz CT molecular complexity index is 558. The van der Waals surface area contributed by atoms with Gasteiger partial charge in [-0.25, -0.2) is 9.07 Å². The summed E-state index contributed by atoms with van der Waals surface area (Å²) >= 11 is 0. The number of aromatic nitrogens is 2. The first-order valence-electron chi connectivity index (χ1n) is 6.05. The summed E-state index contributed by atoms with van der Waals surface area (Å²) in [7, 11) is 0. The zero-order valence-electron chi connectivity index (χ0n) is 10.9. The van der Waals surface area contributed by atoms with Crippen molar-refractivity contribution >= 4 is 0 Å². The van der Waals surface area contributed by atoms with Crippen molar-refractivity contribution in [1.82, 2.24) is 9.78 Å². The van der Waals surface area contributed by atoms with E-state index in [-0.39, 0.29) is 11.9 Å². The molecule has 2 rings (SSSR count). The first kappa shape index (κ1) is 12.8. The number of rotatable bonds is 3. The summed E-state index contributed by atoms with van der Waals surface area (Å²) in [6, 6.07) is 6.74. The summed E-state index contributed by atoms with van der Waals surface area (Å²) in [6.07, 6.45) is 0.630. The average Bonchev–Trinajstić information content (AvgIpc) is 2.57. The van der Waals surface area contributed by atoms with Crippen LogP contribution in [0.5, 0.6) is 0 Å². The standard InChI is InChI=1S/C14H18FN3/c1-9(16)6-12-8-13(15)4-5-14(12)18-11(3)7-10(2)17-18/h4-5,7-9H,6,16H2,1-3H3. The van der Waals surface area contributed by atoms with Crippen molar-refractivity contribution in [3.05, 3.63) is 47.0 Å². The quantitative estimate of drug-likeness (QED) is 0.905. The fourth-order valence-electron chi connectivity index (χ4n) is 2.14. The van der Waals surface area contributed by atoms with Crippen LogP contribution in [0.3, 0.4) is 0 Å². The topological polar surface area (TPSA) is 43.8 Å². The van der Waals surface area contributed by atoms with Gasteiger partial charge in [0.15, 0.2) is 0 Å². The normalized spacial score (nSPS) is 12.7. The highest BCUT2D eigenvalue weighted by atomic mass is 19.1. The molecular formula is C14H18FN3. The van der Waals surface area contributed by atoms with Crippen molar-refractivity contribution in [3.8, 4) is 5.69 Å². The van der Waals surface area contributed by atoms with Crippen LogP contribution >= 0.6 is 0 Å². The van der Waals surface area contributed by atoms with E-state index in [9.17, 15) is 4.39 Å². The molecule has 1 aromatic heterocycles. The molecule has 0 bridgehead atoms. The number of aryl methyl sites for hydroxylation is 2. The van der Waals surface area contributed by atoms with Gasteiger partial charge in [-0.1, -0.05) is 0 Å². The molecule has 2 aromatic rings. The summed E-state index contributed by atoms with van der Waals surface area (Å²) in [5.41, 5.74) is 9.58. The molecular weight excluding hydrogens is 229 g/mol. The van der Waals surface area contributed by atoms with Gasteiger partial charge in [-0.05, 0) is 57.0 Å². The fourth-order valence-corrected chi connectivity index (χ4v) is 2.14. The minimum absolute atomic E-state index is 0.0116. The maximum Gasteiger partial charge on any atom is 0.123 e. The number of benzene rings is 1. The van der Waals surface area contributed by atoms with E-state index in [1.165, 1.54) is 12.1 Å². The summed E-state index contributed by atoms with van der Waals surface area (Å²) in [4.78, 5) is 0. The molecule has 1 unspecified atom stereocenters. The van der Waals surface area contributed by atoms with Gasteiger partial charge in [0.25, 0.3) is 0 Å². The van der Waals surface area contributed by atoms with Crippen molar-refractivity contribution in [2.75, 3.05) is 0 Å². The van der Waals surface area contributed by atoms with Crippen LogP contribution in [0, 0.1) is 19.7 Å². The van der Waals surface area contributed by atoms with Crippen molar-refractivity contribution < 1.29 is 4.39 Å². The third-order valence-electron chi connectivity index (χ3n) is 2.82. The van der Waals surface area contributed by atoms with Gasteiger partial charge in [0.1, 0.15) is 5.82 Å². The van der Waals surface area contributed by atoms with Crippen LogP contribution in [0.2, 0.25) is 0 Å². The molecule has 0 saturated carbocycles. The first-order valence-corrected chi connectivity index (χ1v) is 6.05. The Kier molecular flexibility index (Phi) is 3.48. The summed E-state index contributed by atoms with van der Waals surface area (Å²) in [5.74, 6) is -0.240. The van der Waals surface area contributed by atoms with Crippen molar-refractivity contribution in [3.63, 3.8) is 0 Å². The van der Waals surface area contributed by atoms with Crippen molar-refractivity contribution in [1.29, 1.82) is 0 Å². The lowest BCUT2D eigenvalue weighted by molar-refractivity contribution is 0.620. The smallest absolute Gasteiger partial charge is 0.123 e. The van der Waals surface area contributed by atoms with E-state index in [4.69, 9.17) is 5.73 Å². The molecule has 0 radical (unpaired) electrons. The predicted octanol–water partition coefficient (Wildman–Crippen LogP) is 2.52. The number of nitrogens with two attached hydrogens (primary N) is 1. The average molecular weight is 247 g/mol. The minimum Gasteiger partial charge on any atom is -0.328 e. The number of hydrogen-bond acceptors (Lipinski definition) is 2. The Balaban J connectivity index is 2.52. The summed E-state index contributed by atoms with van der Waals surface area (Å²) < 4.78 is 15.2. The highest BCUT2D eigenvalue weighted by molar-refractivity contribution is 5.42. The molecule has 1 heterocycles. The molecule has 0 saturated heterocycles. The molecule has 0 aliphatic carbocycles. The third kappa shape index (κ3) is 2.59. The maximum atomic E-state index is 13.3. The van der Waals surface area contributed by atoms with Gasteiger partial charge < -0.3 is 5.73 Å². The SMILES string of the molecule is Cc1cc(C)n(-c2ccc(F)cc2CC(C)N)n1. The van der Waals surface area contributed by atoms with Crippen LogP contribution < -0.4 is 5.73 Å². The van der Waals surface area contributed by atoms with E-state index in [0.717, 1.165) is 22.6 Å². The Morgan fingerprint density at radius 1 is 1.33 bits per heavy atom. The molecule has 96 valence electrons. The van der Waals surface area contributed by atoms with Crippen LogP contribution in [0.4, 0.5) is 4.39 Å². The number of nitrogens with zero attached hydrogens (tertiary/aromatic N) is 2. The molecule has 4 heteroatoms. The van der Waals surface area contributed by atoms with Gasteiger partial charge in [-0.3, -0.25) is 0 Å². The van der Waals surface area contributed by atoms with E-state index < -0.39 is 0 Å². The molecule has 0 aliphatic heterocycles. The van der Waals surface area contributed by atoms with E-state index in [1.807, 2.05) is 31.5 Å². The highest BCUT2D eigenvalue weighted by Crippen LogP contribution is 2.19. The molecule has 0 amide bonds. The van der Waals surface area contributed by atoms with Gasteiger partial charge in [0.05, 0.1) is 11.4 Å². The molecule has 0 spiro atoms. The molecule has 18 heavy (non-hydrogen) atoms. The third-order valence-corrected chi connectivity index (χ3v) is 2.82. The molecule has 2 N–H and O–H groups in total. The Labute approximate surface area is 106 Å². The molecule has 1 aromatic carbocycles. The molecule has 0 fully saturated rings. The van der Waals surface area contributed by atoms with Gasteiger partial charge in [-0.2, -0.15) is 5.10 Å². The number of hydrogen-bond donors (Lipinski definition) is 1. The molecule has 0 aliphatic rings. The van der Waals surface area contributed by atoms with Crippen LogP contribution in [0.25, 0.3) is 5.69 Å². The maximum absolute atomic E-state index is 13.3. The van der Waals surface area contributed by atoms with E-state index in [2.05, 4.69) is 5.10 Å². The summed E-state index contributed by atoms with van der Waals surface area (Å²) in [5, 5.41) is 4.43. The zero-order valence-corrected chi connectivity index (χ0v) is 10.9. The van der Waals surface area contributed by atoms with Crippen LogP contribution in [0.15, 0.2) is 24.3 Å². The fraction of sp³-hybridized carbons (Fsp3) is 0.357. The van der Waals surface area contributed by atoms with Crippen LogP contribution in [0.1, 0.15) is 23.9 Å². The lowest BCUT2D eigenvalue weighted by Gasteiger charge is -2.13. The van der Waals surface area contributed by atoms with Crippen molar-refractivity contribution in [2.45, 2.75) is 33.2 Å². The Morgan fingerprint density at radius 3 is 2.61 bits per heavy atom. The van der Waals surface area contributed by atoms with Crippen LogP contribution in [-0.4, -0.2) is 15.8 Å². The highest BCUT2D eigenvalue weighted by Gasteiger charge is 2.11. The molecule has 1 atom stereocenters. The van der Waals surface area contributed by atoms with Gasteiger partial charge in [-0.15, -0.1) is 0 Å². The minimum atomic E-state index is -0.240. The lowest BCUT2D eigenvalue weighted by Crippen LogP contribution is -2.19. The number of halogens is 1.